The number of nitrogens with zero attached hydrogens (tertiary/aromatic N) is 4. The second kappa shape index (κ2) is 7.21. The predicted octanol–water partition coefficient (Wildman–Crippen LogP) is 3.81. The Bertz CT molecular complexity index is 864. The number of rotatable bonds is 3. The first-order valence-electron chi connectivity index (χ1n) is 10.1. The second-order valence-corrected chi connectivity index (χ2v) is 8.86. The molecule has 0 radical (unpaired) electrons. The van der Waals surface area contributed by atoms with Crippen LogP contribution in [-0.2, 0) is 12.0 Å². The van der Waals surface area contributed by atoms with Crippen LogP contribution in [0.4, 0.5) is 10.5 Å². The molecule has 0 spiro atoms. The lowest BCUT2D eigenvalue weighted by molar-refractivity contribution is 0.202. The maximum atomic E-state index is 13.3. The average molecular weight is 379 g/mol. The van der Waals surface area contributed by atoms with E-state index >= 15 is 0 Å². The van der Waals surface area contributed by atoms with Crippen LogP contribution < -0.4 is 4.90 Å². The minimum atomic E-state index is -0.111. The lowest BCUT2D eigenvalue weighted by atomic mass is 9.91. The molecule has 1 saturated heterocycles. The quantitative estimate of drug-likeness (QED) is 0.815. The Kier molecular flexibility index (Phi) is 4.88. The predicted molar refractivity (Wildman–Crippen MR) is 113 cm³/mol. The second-order valence-electron chi connectivity index (χ2n) is 8.86. The third kappa shape index (κ3) is 3.51. The van der Waals surface area contributed by atoms with Crippen molar-refractivity contribution in [1.29, 1.82) is 0 Å². The smallest absolute Gasteiger partial charge is 0.323 e. The number of urea groups is 1. The third-order valence-electron chi connectivity index (χ3n) is 6.06. The number of pyridine rings is 1. The maximum Gasteiger partial charge on any atom is 0.324 e. The SMILES string of the molecule is Cc1ccc2c(n1)C(C)(C)CN2C(=O)N1CCC(N(C)Cc2ccccc2)C1. The van der Waals surface area contributed by atoms with Crippen LogP contribution in [0.25, 0.3) is 0 Å². The number of fused-ring (bicyclic) bond motifs is 1. The van der Waals surface area contributed by atoms with E-state index in [1.165, 1.54) is 5.56 Å². The molecule has 1 aromatic heterocycles. The van der Waals surface area contributed by atoms with Crippen molar-refractivity contribution in [2.75, 3.05) is 31.6 Å². The van der Waals surface area contributed by atoms with E-state index in [0.717, 1.165) is 43.1 Å². The van der Waals surface area contributed by atoms with Crippen LogP contribution in [0, 0.1) is 6.92 Å². The zero-order valence-corrected chi connectivity index (χ0v) is 17.4. The molecule has 1 fully saturated rings. The molecule has 3 heterocycles. The zero-order valence-electron chi connectivity index (χ0n) is 17.4. The van der Waals surface area contributed by atoms with Gasteiger partial charge in [-0.05, 0) is 38.1 Å². The number of carbonyl (C=O) groups is 1. The summed E-state index contributed by atoms with van der Waals surface area (Å²) in [5, 5.41) is 0. The van der Waals surface area contributed by atoms with Crippen molar-refractivity contribution in [3.8, 4) is 0 Å². The Morgan fingerprint density at radius 3 is 2.71 bits per heavy atom. The van der Waals surface area contributed by atoms with Crippen molar-refractivity contribution in [3.63, 3.8) is 0 Å². The van der Waals surface area contributed by atoms with Gasteiger partial charge in [0.05, 0.1) is 11.4 Å². The first kappa shape index (κ1) is 18.9. The van der Waals surface area contributed by atoms with E-state index in [9.17, 15) is 4.79 Å². The fourth-order valence-electron chi connectivity index (χ4n) is 4.44. The molecule has 5 nitrogen and oxygen atoms in total. The minimum Gasteiger partial charge on any atom is -0.323 e. The van der Waals surface area contributed by atoms with Crippen molar-refractivity contribution in [2.45, 2.75) is 45.2 Å². The largest absolute Gasteiger partial charge is 0.324 e. The molecule has 0 saturated carbocycles. The van der Waals surface area contributed by atoms with E-state index in [-0.39, 0.29) is 11.4 Å². The van der Waals surface area contributed by atoms with Crippen molar-refractivity contribution in [1.82, 2.24) is 14.8 Å². The van der Waals surface area contributed by atoms with Gasteiger partial charge in [0.15, 0.2) is 0 Å². The number of aryl methyl sites for hydroxylation is 1. The molecule has 0 N–H and O–H groups in total. The number of amides is 2. The summed E-state index contributed by atoms with van der Waals surface area (Å²) in [6.07, 6.45) is 1.02. The van der Waals surface area contributed by atoms with E-state index in [1.54, 1.807) is 0 Å². The van der Waals surface area contributed by atoms with Gasteiger partial charge in [0.25, 0.3) is 0 Å². The molecule has 2 aliphatic heterocycles. The standard InChI is InChI=1S/C23H30N4O/c1-17-10-11-20-21(24-17)23(2,3)16-27(20)22(28)26-13-12-19(15-26)25(4)14-18-8-6-5-7-9-18/h5-11,19H,12-16H2,1-4H3. The molecule has 2 amide bonds. The summed E-state index contributed by atoms with van der Waals surface area (Å²) in [5.74, 6) is 0. The number of benzene rings is 1. The van der Waals surface area contributed by atoms with Crippen molar-refractivity contribution < 1.29 is 4.79 Å². The molecule has 4 rings (SSSR count). The highest BCUT2D eigenvalue weighted by Crippen LogP contribution is 2.40. The number of likely N-dealkylation sites (N-methyl/N-ethyl adjacent to an activating group) is 1. The third-order valence-corrected chi connectivity index (χ3v) is 6.06. The van der Waals surface area contributed by atoms with E-state index in [0.29, 0.717) is 12.6 Å². The van der Waals surface area contributed by atoms with E-state index in [2.05, 4.69) is 56.1 Å². The number of hydrogen-bond acceptors (Lipinski definition) is 3. The van der Waals surface area contributed by atoms with Gasteiger partial charge in [-0.1, -0.05) is 44.2 Å². The molecular weight excluding hydrogens is 348 g/mol. The molecule has 1 atom stereocenters. The van der Waals surface area contributed by atoms with Gasteiger partial charge in [-0.15, -0.1) is 0 Å². The summed E-state index contributed by atoms with van der Waals surface area (Å²) in [6.45, 7) is 9.56. The van der Waals surface area contributed by atoms with Crippen LogP contribution in [0.2, 0.25) is 0 Å². The summed E-state index contributed by atoms with van der Waals surface area (Å²) in [5.41, 5.74) is 4.22. The molecular formula is C23H30N4O. The first-order valence-corrected chi connectivity index (χ1v) is 10.1. The fourth-order valence-corrected chi connectivity index (χ4v) is 4.44. The monoisotopic (exact) mass is 378 g/mol. The van der Waals surface area contributed by atoms with Crippen LogP contribution in [0.1, 0.15) is 37.2 Å². The number of anilines is 1. The molecule has 2 aromatic rings. The zero-order chi connectivity index (χ0) is 19.9. The Morgan fingerprint density at radius 1 is 1.21 bits per heavy atom. The van der Waals surface area contributed by atoms with E-state index in [4.69, 9.17) is 4.98 Å². The molecule has 1 unspecified atom stereocenters. The Labute approximate surface area is 168 Å². The fraction of sp³-hybridized carbons (Fsp3) is 0.478. The normalized spacial score (nSPS) is 20.7. The summed E-state index contributed by atoms with van der Waals surface area (Å²) in [6, 6.07) is 15.1. The molecule has 0 aliphatic carbocycles. The topological polar surface area (TPSA) is 39.7 Å². The summed E-state index contributed by atoms with van der Waals surface area (Å²) in [4.78, 5) is 24.4. The minimum absolute atomic E-state index is 0.111. The van der Waals surface area contributed by atoms with E-state index < -0.39 is 0 Å². The number of likely N-dealkylation sites (tertiary alicyclic amines) is 1. The van der Waals surface area contributed by atoms with Crippen molar-refractivity contribution in [3.05, 3.63) is 59.4 Å². The Hall–Kier alpha value is -2.40. The molecule has 1 aromatic carbocycles. The first-order chi connectivity index (χ1) is 13.3. The van der Waals surface area contributed by atoms with Gasteiger partial charge in [0, 0.05) is 43.3 Å². The lowest BCUT2D eigenvalue weighted by Gasteiger charge is -2.28. The maximum absolute atomic E-state index is 13.3. The highest BCUT2D eigenvalue weighted by atomic mass is 16.2. The van der Waals surface area contributed by atoms with Gasteiger partial charge >= 0.3 is 6.03 Å². The summed E-state index contributed by atoms with van der Waals surface area (Å²) < 4.78 is 0. The summed E-state index contributed by atoms with van der Waals surface area (Å²) in [7, 11) is 2.16. The van der Waals surface area contributed by atoms with Crippen LogP contribution in [-0.4, -0.2) is 53.5 Å². The van der Waals surface area contributed by atoms with Gasteiger partial charge in [0.1, 0.15) is 0 Å². The summed E-state index contributed by atoms with van der Waals surface area (Å²) >= 11 is 0. The van der Waals surface area contributed by atoms with Crippen molar-refractivity contribution >= 4 is 11.7 Å². The molecule has 148 valence electrons. The highest BCUT2D eigenvalue weighted by molar-refractivity contribution is 5.95. The van der Waals surface area contributed by atoms with Crippen LogP contribution in [0.5, 0.6) is 0 Å². The van der Waals surface area contributed by atoms with Gasteiger partial charge in [-0.25, -0.2) is 4.79 Å². The molecule has 0 bridgehead atoms. The van der Waals surface area contributed by atoms with Crippen molar-refractivity contribution in [2.24, 2.45) is 0 Å². The molecule has 2 aliphatic rings. The molecule has 5 heteroatoms. The van der Waals surface area contributed by atoms with Gasteiger partial charge in [0.2, 0.25) is 0 Å². The van der Waals surface area contributed by atoms with Crippen LogP contribution in [0.3, 0.4) is 0 Å². The number of carbonyl (C=O) groups excluding carboxylic acids is 1. The van der Waals surface area contributed by atoms with Gasteiger partial charge in [-0.3, -0.25) is 14.8 Å². The van der Waals surface area contributed by atoms with Crippen LogP contribution in [0.15, 0.2) is 42.5 Å². The number of hydrogen-bond donors (Lipinski definition) is 0. The lowest BCUT2D eigenvalue weighted by Crippen LogP contribution is -2.44. The van der Waals surface area contributed by atoms with E-state index in [1.807, 2.05) is 28.9 Å². The Morgan fingerprint density at radius 2 is 1.96 bits per heavy atom. The van der Waals surface area contributed by atoms with Gasteiger partial charge < -0.3 is 4.90 Å². The average Bonchev–Trinajstić information content (AvgIpc) is 3.26. The highest BCUT2D eigenvalue weighted by Gasteiger charge is 2.42. The molecule has 28 heavy (non-hydrogen) atoms. The van der Waals surface area contributed by atoms with Gasteiger partial charge in [-0.2, -0.15) is 0 Å². The van der Waals surface area contributed by atoms with Crippen LogP contribution >= 0.6 is 0 Å². The number of aromatic nitrogens is 1. The Balaban J connectivity index is 1.44.